The Balaban J connectivity index is 2.17. The summed E-state index contributed by atoms with van der Waals surface area (Å²) in [4.78, 5) is 14.1. The molecule has 0 saturated carbocycles. The molecule has 0 spiro atoms. The summed E-state index contributed by atoms with van der Waals surface area (Å²) in [5.74, 6) is 1.60. The van der Waals surface area contributed by atoms with Crippen molar-refractivity contribution in [3.8, 4) is 11.5 Å². The Morgan fingerprint density at radius 3 is 2.50 bits per heavy atom. The molecule has 16 heavy (non-hydrogen) atoms. The molecule has 2 aromatic rings. The first-order valence-electron chi connectivity index (χ1n) is 4.61. The maximum atomic E-state index is 10.2. The minimum atomic E-state index is 0.363. The summed E-state index contributed by atoms with van der Waals surface area (Å²) in [6.45, 7) is 0. The molecule has 0 atom stereocenters. The highest BCUT2D eigenvalue weighted by Gasteiger charge is 1.98. The summed E-state index contributed by atoms with van der Waals surface area (Å²) < 4.78 is 5.49. The first-order valence-corrected chi connectivity index (χ1v) is 4.61. The van der Waals surface area contributed by atoms with Crippen molar-refractivity contribution in [2.24, 2.45) is 5.18 Å². The van der Waals surface area contributed by atoms with Gasteiger partial charge in [0.2, 0.25) is 0 Å². The SMILES string of the molecule is Nc1cc(Oc2ccc(N=O)cc2)ccn1. The van der Waals surface area contributed by atoms with Crippen LogP contribution in [0.5, 0.6) is 11.5 Å². The number of aromatic nitrogens is 1. The van der Waals surface area contributed by atoms with Gasteiger partial charge in [0.05, 0.1) is 0 Å². The average molecular weight is 215 g/mol. The minimum absolute atomic E-state index is 0.363. The molecule has 1 aromatic heterocycles. The van der Waals surface area contributed by atoms with Gasteiger partial charge in [0.25, 0.3) is 0 Å². The second kappa shape index (κ2) is 4.39. The van der Waals surface area contributed by atoms with E-state index in [9.17, 15) is 4.91 Å². The van der Waals surface area contributed by atoms with Crippen LogP contribution in [0.1, 0.15) is 0 Å². The van der Waals surface area contributed by atoms with E-state index in [0.29, 0.717) is 23.0 Å². The summed E-state index contributed by atoms with van der Waals surface area (Å²) >= 11 is 0. The quantitative estimate of drug-likeness (QED) is 0.798. The van der Waals surface area contributed by atoms with Gasteiger partial charge in [-0.2, -0.15) is 0 Å². The Bertz CT molecular complexity index is 497. The van der Waals surface area contributed by atoms with Crippen molar-refractivity contribution in [1.29, 1.82) is 0 Å². The Morgan fingerprint density at radius 1 is 1.12 bits per heavy atom. The van der Waals surface area contributed by atoms with Gasteiger partial charge in [-0.3, -0.25) is 0 Å². The van der Waals surface area contributed by atoms with Crippen molar-refractivity contribution in [3.63, 3.8) is 0 Å². The van der Waals surface area contributed by atoms with E-state index in [1.165, 1.54) is 0 Å². The predicted octanol–water partition coefficient (Wildman–Crippen LogP) is 2.85. The van der Waals surface area contributed by atoms with Gasteiger partial charge in [0.15, 0.2) is 0 Å². The summed E-state index contributed by atoms with van der Waals surface area (Å²) in [6.07, 6.45) is 1.56. The van der Waals surface area contributed by atoms with E-state index in [1.807, 2.05) is 0 Å². The van der Waals surface area contributed by atoms with Crippen molar-refractivity contribution < 1.29 is 4.74 Å². The Kier molecular flexibility index (Phi) is 2.77. The van der Waals surface area contributed by atoms with Crippen LogP contribution in [0, 0.1) is 4.91 Å². The van der Waals surface area contributed by atoms with E-state index in [-0.39, 0.29) is 0 Å². The van der Waals surface area contributed by atoms with Crippen LogP contribution in [0.25, 0.3) is 0 Å². The molecule has 0 aliphatic carbocycles. The lowest BCUT2D eigenvalue weighted by molar-refractivity contribution is 0.482. The van der Waals surface area contributed by atoms with Crippen molar-refractivity contribution in [3.05, 3.63) is 47.5 Å². The molecule has 0 unspecified atom stereocenters. The van der Waals surface area contributed by atoms with Crippen LogP contribution >= 0.6 is 0 Å². The molecular weight excluding hydrogens is 206 g/mol. The smallest absolute Gasteiger partial charge is 0.132 e. The summed E-state index contributed by atoms with van der Waals surface area (Å²) in [5.41, 5.74) is 5.87. The van der Waals surface area contributed by atoms with Gasteiger partial charge < -0.3 is 10.5 Å². The number of pyridine rings is 1. The highest BCUT2D eigenvalue weighted by atomic mass is 16.5. The van der Waals surface area contributed by atoms with Gasteiger partial charge in [-0.1, -0.05) is 0 Å². The zero-order valence-electron chi connectivity index (χ0n) is 8.33. The highest BCUT2D eigenvalue weighted by Crippen LogP contribution is 2.24. The first-order chi connectivity index (χ1) is 7.78. The molecule has 0 aliphatic rings. The van der Waals surface area contributed by atoms with E-state index < -0.39 is 0 Å². The normalized spacial score (nSPS) is 9.75. The second-order valence-electron chi connectivity index (χ2n) is 3.10. The van der Waals surface area contributed by atoms with Crippen molar-refractivity contribution in [2.75, 3.05) is 5.73 Å². The number of nitrogen functional groups attached to an aromatic ring is 1. The van der Waals surface area contributed by atoms with Gasteiger partial charge in [-0.15, -0.1) is 4.91 Å². The van der Waals surface area contributed by atoms with Crippen LogP contribution in [-0.2, 0) is 0 Å². The van der Waals surface area contributed by atoms with Gasteiger partial charge in [-0.05, 0) is 35.5 Å². The zero-order chi connectivity index (χ0) is 11.4. The Morgan fingerprint density at radius 2 is 1.88 bits per heavy atom. The lowest BCUT2D eigenvalue weighted by atomic mass is 10.3. The van der Waals surface area contributed by atoms with Crippen LogP contribution < -0.4 is 10.5 Å². The van der Waals surface area contributed by atoms with E-state index >= 15 is 0 Å². The second-order valence-corrected chi connectivity index (χ2v) is 3.10. The molecule has 0 radical (unpaired) electrons. The summed E-state index contributed by atoms with van der Waals surface area (Å²) in [7, 11) is 0. The standard InChI is InChI=1S/C11H9N3O2/c12-11-7-10(5-6-13-11)16-9-3-1-8(14-15)2-4-9/h1-7H,(H2,12,13). The summed E-state index contributed by atoms with van der Waals surface area (Å²) in [5, 5.41) is 2.80. The molecule has 2 N–H and O–H groups in total. The molecule has 0 fully saturated rings. The molecule has 0 aliphatic heterocycles. The van der Waals surface area contributed by atoms with Crippen LogP contribution in [-0.4, -0.2) is 4.98 Å². The van der Waals surface area contributed by atoms with E-state index in [1.54, 1.807) is 42.6 Å². The minimum Gasteiger partial charge on any atom is -0.457 e. The lowest BCUT2D eigenvalue weighted by Gasteiger charge is -2.05. The third-order valence-corrected chi connectivity index (χ3v) is 1.93. The molecule has 5 heteroatoms. The maximum absolute atomic E-state index is 10.2. The number of hydrogen-bond acceptors (Lipinski definition) is 5. The number of benzene rings is 1. The van der Waals surface area contributed by atoms with Gasteiger partial charge in [0, 0.05) is 12.3 Å². The Hall–Kier alpha value is -2.43. The fourth-order valence-electron chi connectivity index (χ4n) is 1.20. The summed E-state index contributed by atoms with van der Waals surface area (Å²) in [6, 6.07) is 9.79. The third-order valence-electron chi connectivity index (χ3n) is 1.93. The predicted molar refractivity (Wildman–Crippen MR) is 60.6 cm³/mol. The van der Waals surface area contributed by atoms with Gasteiger partial charge in [0.1, 0.15) is 23.0 Å². The van der Waals surface area contributed by atoms with Crippen molar-refractivity contribution in [2.45, 2.75) is 0 Å². The molecule has 1 aromatic carbocycles. The first kappa shape index (κ1) is 10.1. The molecule has 0 bridgehead atoms. The highest BCUT2D eigenvalue weighted by molar-refractivity contribution is 5.43. The van der Waals surface area contributed by atoms with E-state index in [2.05, 4.69) is 10.2 Å². The van der Waals surface area contributed by atoms with E-state index in [4.69, 9.17) is 10.5 Å². The zero-order valence-corrected chi connectivity index (χ0v) is 8.33. The number of hydrogen-bond donors (Lipinski definition) is 1. The third kappa shape index (κ3) is 2.33. The van der Waals surface area contributed by atoms with Crippen molar-refractivity contribution >= 4 is 11.5 Å². The molecule has 0 amide bonds. The largest absolute Gasteiger partial charge is 0.457 e. The van der Waals surface area contributed by atoms with Gasteiger partial charge in [-0.25, -0.2) is 4.98 Å². The number of nitrogens with two attached hydrogens (primary N) is 1. The number of ether oxygens (including phenoxy) is 1. The molecule has 2 rings (SSSR count). The fraction of sp³-hybridized carbons (Fsp3) is 0. The van der Waals surface area contributed by atoms with E-state index in [0.717, 1.165) is 0 Å². The monoisotopic (exact) mass is 215 g/mol. The fourth-order valence-corrected chi connectivity index (χ4v) is 1.20. The Labute approximate surface area is 91.9 Å². The number of nitrogens with zero attached hydrogens (tertiary/aromatic N) is 2. The molecule has 0 saturated heterocycles. The number of nitroso groups, excluding NO2 is 1. The molecule has 80 valence electrons. The van der Waals surface area contributed by atoms with Crippen molar-refractivity contribution in [1.82, 2.24) is 4.98 Å². The molecule has 1 heterocycles. The van der Waals surface area contributed by atoms with Crippen LogP contribution in [0.2, 0.25) is 0 Å². The molecular formula is C11H9N3O2. The number of anilines is 1. The molecule has 5 nitrogen and oxygen atoms in total. The average Bonchev–Trinajstić information content (AvgIpc) is 2.30. The maximum Gasteiger partial charge on any atom is 0.132 e. The van der Waals surface area contributed by atoms with Crippen LogP contribution in [0.4, 0.5) is 11.5 Å². The number of rotatable bonds is 3. The van der Waals surface area contributed by atoms with Crippen LogP contribution in [0.15, 0.2) is 47.8 Å². The topological polar surface area (TPSA) is 77.6 Å². The van der Waals surface area contributed by atoms with Gasteiger partial charge >= 0.3 is 0 Å². The lowest BCUT2D eigenvalue weighted by Crippen LogP contribution is -1.90. The van der Waals surface area contributed by atoms with Crippen LogP contribution in [0.3, 0.4) is 0 Å².